The van der Waals surface area contributed by atoms with Crippen molar-refractivity contribution >= 4 is 38.8 Å². The number of urea groups is 1. The zero-order valence-electron chi connectivity index (χ0n) is 17.0. The molecule has 7 nitrogen and oxygen atoms in total. The van der Waals surface area contributed by atoms with E-state index in [0.29, 0.717) is 36.6 Å². The summed E-state index contributed by atoms with van der Waals surface area (Å²) < 4.78 is 33.0. The fourth-order valence-corrected chi connectivity index (χ4v) is 5.71. The van der Waals surface area contributed by atoms with Crippen LogP contribution in [-0.4, -0.2) is 28.1 Å². The summed E-state index contributed by atoms with van der Waals surface area (Å²) in [5.41, 5.74) is 2.16. The zero-order valence-corrected chi connectivity index (χ0v) is 18.6. The minimum Gasteiger partial charge on any atom is -0.497 e. The number of sulfonamides is 1. The zero-order chi connectivity index (χ0) is 21.8. The Balaban J connectivity index is 1.50. The SMILES string of the molecule is COc1ccc(S(=O)(=O)N2CCCc3cc(NC(=O)NCc4cccs4)ccc32)cc1. The standard InChI is InChI=1S/C22H23N3O4S2/c1-29-18-7-9-20(10-8-18)31(27,28)25-12-2-4-16-14-17(6-11-21(16)25)24-22(26)23-15-19-5-3-13-30-19/h3,5-11,13-14H,2,4,12,15H2,1H3,(H2,23,24,26). The number of ether oxygens (including phenoxy) is 1. The van der Waals surface area contributed by atoms with Gasteiger partial charge in [-0.15, -0.1) is 11.3 Å². The molecule has 0 spiro atoms. The number of amides is 2. The van der Waals surface area contributed by atoms with E-state index in [2.05, 4.69) is 10.6 Å². The summed E-state index contributed by atoms with van der Waals surface area (Å²) in [5.74, 6) is 0.603. The molecule has 1 aliphatic rings. The molecule has 3 aromatic rings. The Hall–Kier alpha value is -3.04. The van der Waals surface area contributed by atoms with E-state index in [1.54, 1.807) is 54.8 Å². The van der Waals surface area contributed by atoms with Crippen molar-refractivity contribution in [2.45, 2.75) is 24.3 Å². The van der Waals surface area contributed by atoms with E-state index in [9.17, 15) is 13.2 Å². The second-order valence-electron chi connectivity index (χ2n) is 7.09. The number of thiophene rings is 1. The third-order valence-corrected chi connectivity index (χ3v) is 7.77. The summed E-state index contributed by atoms with van der Waals surface area (Å²) in [6.45, 7) is 0.873. The van der Waals surface area contributed by atoms with Crippen LogP contribution >= 0.6 is 11.3 Å². The van der Waals surface area contributed by atoms with E-state index < -0.39 is 10.0 Å². The van der Waals surface area contributed by atoms with Crippen LogP contribution in [0.2, 0.25) is 0 Å². The first-order valence-electron chi connectivity index (χ1n) is 9.84. The minimum atomic E-state index is -3.69. The van der Waals surface area contributed by atoms with Crippen molar-refractivity contribution in [1.29, 1.82) is 0 Å². The average Bonchev–Trinajstić information content (AvgIpc) is 3.31. The molecule has 2 heterocycles. The molecule has 0 bridgehead atoms. The predicted octanol–water partition coefficient (Wildman–Crippen LogP) is 4.22. The minimum absolute atomic E-state index is 0.219. The van der Waals surface area contributed by atoms with Crippen molar-refractivity contribution in [3.05, 3.63) is 70.4 Å². The number of fused-ring (bicyclic) bond motifs is 1. The number of rotatable bonds is 6. The van der Waals surface area contributed by atoms with Crippen molar-refractivity contribution in [2.75, 3.05) is 23.3 Å². The molecule has 162 valence electrons. The van der Waals surface area contributed by atoms with Gasteiger partial charge in [-0.2, -0.15) is 0 Å². The highest BCUT2D eigenvalue weighted by Crippen LogP contribution is 2.34. The number of carbonyl (C=O) groups excluding carboxylic acids is 1. The Labute approximate surface area is 185 Å². The van der Waals surface area contributed by atoms with Crippen LogP contribution < -0.4 is 19.7 Å². The van der Waals surface area contributed by atoms with Crippen LogP contribution in [-0.2, 0) is 23.0 Å². The second-order valence-corrected chi connectivity index (χ2v) is 9.98. The van der Waals surface area contributed by atoms with Crippen LogP contribution in [0.3, 0.4) is 0 Å². The van der Waals surface area contributed by atoms with E-state index in [1.807, 2.05) is 23.6 Å². The number of nitrogens with one attached hydrogen (secondary N) is 2. The summed E-state index contributed by atoms with van der Waals surface area (Å²) in [5, 5.41) is 7.61. The van der Waals surface area contributed by atoms with Crippen LogP contribution in [0, 0.1) is 0 Å². The molecule has 0 fully saturated rings. The molecule has 31 heavy (non-hydrogen) atoms. The molecule has 2 N–H and O–H groups in total. The molecule has 0 radical (unpaired) electrons. The number of hydrogen-bond donors (Lipinski definition) is 2. The molecule has 0 unspecified atom stereocenters. The number of aryl methyl sites for hydroxylation is 1. The molecule has 0 saturated heterocycles. The lowest BCUT2D eigenvalue weighted by molar-refractivity contribution is 0.252. The maximum atomic E-state index is 13.2. The van der Waals surface area contributed by atoms with Crippen LogP contribution in [0.25, 0.3) is 0 Å². The Kier molecular flexibility index (Phi) is 6.15. The van der Waals surface area contributed by atoms with E-state index in [1.165, 1.54) is 4.31 Å². The van der Waals surface area contributed by atoms with Gasteiger partial charge in [-0.25, -0.2) is 13.2 Å². The van der Waals surface area contributed by atoms with Gasteiger partial charge in [0.2, 0.25) is 0 Å². The molecule has 2 amide bonds. The molecule has 1 aliphatic heterocycles. The van der Waals surface area contributed by atoms with Crippen molar-refractivity contribution in [2.24, 2.45) is 0 Å². The molecule has 0 aliphatic carbocycles. The molecule has 2 aromatic carbocycles. The fraction of sp³-hybridized carbons (Fsp3) is 0.227. The summed E-state index contributed by atoms with van der Waals surface area (Å²) in [4.78, 5) is 13.5. The Morgan fingerprint density at radius 3 is 2.68 bits per heavy atom. The van der Waals surface area contributed by atoms with Crippen molar-refractivity contribution in [3.8, 4) is 5.75 Å². The number of benzene rings is 2. The molecule has 0 saturated carbocycles. The maximum Gasteiger partial charge on any atom is 0.319 e. The lowest BCUT2D eigenvalue weighted by Crippen LogP contribution is -2.35. The second kappa shape index (κ2) is 8.99. The summed E-state index contributed by atoms with van der Waals surface area (Å²) in [6, 6.07) is 15.3. The number of nitrogens with zero attached hydrogens (tertiary/aromatic N) is 1. The Bertz CT molecular complexity index is 1160. The highest BCUT2D eigenvalue weighted by atomic mass is 32.2. The molecular weight excluding hydrogens is 434 g/mol. The maximum absolute atomic E-state index is 13.2. The monoisotopic (exact) mass is 457 g/mol. The quantitative estimate of drug-likeness (QED) is 0.580. The van der Waals surface area contributed by atoms with E-state index in [0.717, 1.165) is 16.9 Å². The predicted molar refractivity (Wildman–Crippen MR) is 122 cm³/mol. The van der Waals surface area contributed by atoms with Gasteiger partial charge in [0.25, 0.3) is 10.0 Å². The highest BCUT2D eigenvalue weighted by Gasteiger charge is 2.29. The van der Waals surface area contributed by atoms with E-state index >= 15 is 0 Å². The van der Waals surface area contributed by atoms with Crippen LogP contribution in [0.1, 0.15) is 16.9 Å². The van der Waals surface area contributed by atoms with Gasteiger partial charge < -0.3 is 15.4 Å². The van der Waals surface area contributed by atoms with E-state index in [-0.39, 0.29) is 10.9 Å². The highest BCUT2D eigenvalue weighted by molar-refractivity contribution is 7.92. The Morgan fingerprint density at radius 1 is 1.16 bits per heavy atom. The number of hydrogen-bond acceptors (Lipinski definition) is 5. The van der Waals surface area contributed by atoms with Crippen LogP contribution in [0.15, 0.2) is 64.9 Å². The molecule has 0 atom stereocenters. The first-order chi connectivity index (χ1) is 15.0. The average molecular weight is 458 g/mol. The van der Waals surface area contributed by atoms with Gasteiger partial charge in [0.15, 0.2) is 0 Å². The fourth-order valence-electron chi connectivity index (χ4n) is 3.52. The third kappa shape index (κ3) is 4.67. The van der Waals surface area contributed by atoms with Gasteiger partial charge in [-0.1, -0.05) is 6.07 Å². The topological polar surface area (TPSA) is 87.7 Å². The van der Waals surface area contributed by atoms with Crippen LogP contribution in [0.4, 0.5) is 16.2 Å². The summed E-state index contributed by atoms with van der Waals surface area (Å²) in [6.07, 6.45) is 1.45. The van der Waals surface area contributed by atoms with Gasteiger partial charge in [0.05, 0.1) is 24.2 Å². The van der Waals surface area contributed by atoms with E-state index in [4.69, 9.17) is 4.74 Å². The molecule has 1 aromatic heterocycles. The first kappa shape index (κ1) is 21.2. The molecule has 4 rings (SSSR count). The summed E-state index contributed by atoms with van der Waals surface area (Å²) in [7, 11) is -2.15. The van der Waals surface area contributed by atoms with Gasteiger partial charge in [0, 0.05) is 17.1 Å². The molecule has 9 heteroatoms. The van der Waals surface area contributed by atoms with Gasteiger partial charge >= 0.3 is 6.03 Å². The van der Waals surface area contributed by atoms with Crippen LogP contribution in [0.5, 0.6) is 5.75 Å². The smallest absolute Gasteiger partial charge is 0.319 e. The Morgan fingerprint density at radius 2 is 1.97 bits per heavy atom. The lowest BCUT2D eigenvalue weighted by atomic mass is 10.0. The van der Waals surface area contributed by atoms with Crippen molar-refractivity contribution < 1.29 is 17.9 Å². The van der Waals surface area contributed by atoms with Gasteiger partial charge in [-0.3, -0.25) is 4.31 Å². The van der Waals surface area contributed by atoms with Crippen molar-refractivity contribution in [1.82, 2.24) is 5.32 Å². The first-order valence-corrected chi connectivity index (χ1v) is 12.2. The molecular formula is C22H23N3O4S2. The van der Waals surface area contributed by atoms with Gasteiger partial charge in [-0.05, 0) is 72.3 Å². The number of anilines is 2. The normalized spacial score (nSPS) is 13.4. The number of methoxy groups -OCH3 is 1. The largest absolute Gasteiger partial charge is 0.497 e. The summed E-state index contributed by atoms with van der Waals surface area (Å²) >= 11 is 1.58. The van der Waals surface area contributed by atoms with Crippen molar-refractivity contribution in [3.63, 3.8) is 0 Å². The number of carbonyl (C=O) groups is 1. The lowest BCUT2D eigenvalue weighted by Gasteiger charge is -2.31. The third-order valence-electron chi connectivity index (χ3n) is 5.06. The van der Waals surface area contributed by atoms with Gasteiger partial charge in [0.1, 0.15) is 5.75 Å².